The molecule has 2 aliphatic carbocycles. The van der Waals surface area contributed by atoms with Crippen LogP contribution in [0.4, 0.5) is 0 Å². The Kier molecular flexibility index (Phi) is 5.17. The number of amides is 1. The van der Waals surface area contributed by atoms with Gasteiger partial charge in [-0.05, 0) is 51.0 Å². The number of carbonyl (C=O) groups excluding carboxylic acids is 1. The molecule has 3 fully saturated rings. The summed E-state index contributed by atoms with van der Waals surface area (Å²) in [4.78, 5) is 14.7. The Morgan fingerprint density at radius 2 is 1.62 bits per heavy atom. The van der Waals surface area contributed by atoms with E-state index in [0.29, 0.717) is 30.6 Å². The van der Waals surface area contributed by atoms with Gasteiger partial charge in [0, 0.05) is 19.0 Å². The molecule has 3 rings (SSSR count). The van der Waals surface area contributed by atoms with Crippen LogP contribution < -0.4 is 5.73 Å². The van der Waals surface area contributed by atoms with Gasteiger partial charge in [-0.25, -0.2) is 0 Å². The third-order valence-electron chi connectivity index (χ3n) is 5.72. The number of hydrogen-bond donors (Lipinski definition) is 1. The van der Waals surface area contributed by atoms with E-state index in [-0.39, 0.29) is 5.92 Å². The molecule has 21 heavy (non-hydrogen) atoms. The molecule has 1 aliphatic heterocycles. The molecule has 0 radical (unpaired) electrons. The molecule has 2 saturated carbocycles. The van der Waals surface area contributed by atoms with Crippen LogP contribution in [-0.4, -0.2) is 42.6 Å². The van der Waals surface area contributed by atoms with Gasteiger partial charge in [-0.1, -0.05) is 19.3 Å². The van der Waals surface area contributed by atoms with Crippen LogP contribution in [0.5, 0.6) is 0 Å². The van der Waals surface area contributed by atoms with E-state index in [2.05, 4.69) is 4.90 Å². The number of ether oxygens (including phenoxy) is 1. The number of carbonyl (C=O) groups is 1. The van der Waals surface area contributed by atoms with E-state index < -0.39 is 0 Å². The number of rotatable bonds is 4. The maximum atomic E-state index is 12.7. The lowest BCUT2D eigenvalue weighted by atomic mass is 9.93. The van der Waals surface area contributed by atoms with Crippen molar-refractivity contribution in [3.05, 3.63) is 0 Å². The third kappa shape index (κ3) is 3.59. The Morgan fingerprint density at radius 3 is 2.29 bits per heavy atom. The zero-order valence-corrected chi connectivity index (χ0v) is 13.1. The maximum absolute atomic E-state index is 12.7. The van der Waals surface area contributed by atoms with Gasteiger partial charge in [0.2, 0.25) is 5.91 Å². The average molecular weight is 294 g/mol. The van der Waals surface area contributed by atoms with Crippen LogP contribution in [-0.2, 0) is 9.53 Å². The standard InChI is InChI=1S/C17H30N2O2/c18-12-13-4-3-7-16(13)17(20)19-10-8-15(9-11-19)21-14-5-1-2-6-14/h13-16H,1-12,18H2/t13-,16-/m1/s1. The van der Waals surface area contributed by atoms with Crippen molar-refractivity contribution in [3.63, 3.8) is 0 Å². The number of likely N-dealkylation sites (tertiary alicyclic amines) is 1. The van der Waals surface area contributed by atoms with Gasteiger partial charge >= 0.3 is 0 Å². The zero-order chi connectivity index (χ0) is 14.7. The van der Waals surface area contributed by atoms with Crippen molar-refractivity contribution in [2.45, 2.75) is 70.0 Å². The van der Waals surface area contributed by atoms with Gasteiger partial charge in [-0.2, -0.15) is 0 Å². The molecular formula is C17H30N2O2. The van der Waals surface area contributed by atoms with E-state index in [0.717, 1.165) is 38.8 Å². The summed E-state index contributed by atoms with van der Waals surface area (Å²) in [6, 6.07) is 0. The van der Waals surface area contributed by atoms with E-state index in [1.54, 1.807) is 0 Å². The number of hydrogen-bond acceptors (Lipinski definition) is 3. The molecule has 2 N–H and O–H groups in total. The van der Waals surface area contributed by atoms with Crippen molar-refractivity contribution in [1.82, 2.24) is 4.90 Å². The summed E-state index contributed by atoms with van der Waals surface area (Å²) in [6.45, 7) is 2.42. The Bertz CT molecular complexity index is 347. The van der Waals surface area contributed by atoms with Gasteiger partial charge in [-0.3, -0.25) is 4.79 Å². The monoisotopic (exact) mass is 294 g/mol. The fourth-order valence-electron chi connectivity index (χ4n) is 4.39. The van der Waals surface area contributed by atoms with Crippen LogP contribution in [0, 0.1) is 11.8 Å². The lowest BCUT2D eigenvalue weighted by Gasteiger charge is -2.35. The molecule has 2 atom stereocenters. The SMILES string of the molecule is NC[C@H]1CCC[C@H]1C(=O)N1CCC(OC2CCCC2)CC1. The Labute approximate surface area is 128 Å². The van der Waals surface area contributed by atoms with Crippen molar-refractivity contribution in [2.75, 3.05) is 19.6 Å². The highest BCUT2D eigenvalue weighted by Gasteiger charge is 2.36. The summed E-state index contributed by atoms with van der Waals surface area (Å²) in [5.74, 6) is 0.981. The summed E-state index contributed by atoms with van der Waals surface area (Å²) in [5, 5.41) is 0. The van der Waals surface area contributed by atoms with E-state index in [1.807, 2.05) is 0 Å². The van der Waals surface area contributed by atoms with Crippen molar-refractivity contribution in [3.8, 4) is 0 Å². The lowest BCUT2D eigenvalue weighted by Crippen LogP contribution is -2.45. The van der Waals surface area contributed by atoms with Gasteiger partial charge in [0.05, 0.1) is 12.2 Å². The number of nitrogens with two attached hydrogens (primary N) is 1. The highest BCUT2D eigenvalue weighted by atomic mass is 16.5. The first-order chi connectivity index (χ1) is 10.3. The van der Waals surface area contributed by atoms with E-state index in [9.17, 15) is 4.79 Å². The minimum absolute atomic E-state index is 0.197. The smallest absolute Gasteiger partial charge is 0.226 e. The second-order valence-corrected chi connectivity index (χ2v) is 7.10. The lowest BCUT2D eigenvalue weighted by molar-refractivity contribution is -0.140. The molecule has 4 heteroatoms. The highest BCUT2D eigenvalue weighted by Crippen LogP contribution is 2.33. The van der Waals surface area contributed by atoms with E-state index >= 15 is 0 Å². The molecule has 0 unspecified atom stereocenters. The molecule has 0 aromatic heterocycles. The van der Waals surface area contributed by atoms with Crippen LogP contribution in [0.3, 0.4) is 0 Å². The third-order valence-corrected chi connectivity index (χ3v) is 5.72. The van der Waals surface area contributed by atoms with Crippen LogP contribution in [0.1, 0.15) is 57.8 Å². The minimum Gasteiger partial charge on any atom is -0.375 e. The van der Waals surface area contributed by atoms with Crippen LogP contribution in [0.2, 0.25) is 0 Å². The molecule has 120 valence electrons. The second kappa shape index (κ2) is 7.10. The summed E-state index contributed by atoms with van der Waals surface area (Å²) < 4.78 is 6.19. The molecule has 0 bridgehead atoms. The van der Waals surface area contributed by atoms with Crippen LogP contribution in [0.25, 0.3) is 0 Å². The molecular weight excluding hydrogens is 264 g/mol. The first kappa shape index (κ1) is 15.3. The summed E-state index contributed by atoms with van der Waals surface area (Å²) in [5.41, 5.74) is 5.81. The van der Waals surface area contributed by atoms with Crippen molar-refractivity contribution in [1.29, 1.82) is 0 Å². The quantitative estimate of drug-likeness (QED) is 0.865. The number of piperidine rings is 1. The molecule has 0 spiro atoms. The van der Waals surface area contributed by atoms with E-state index in [1.165, 1.54) is 32.1 Å². The highest BCUT2D eigenvalue weighted by molar-refractivity contribution is 5.79. The Morgan fingerprint density at radius 1 is 0.952 bits per heavy atom. The molecule has 0 aromatic carbocycles. The zero-order valence-electron chi connectivity index (χ0n) is 13.1. The van der Waals surface area contributed by atoms with Gasteiger partial charge in [0.1, 0.15) is 0 Å². The molecule has 1 saturated heterocycles. The van der Waals surface area contributed by atoms with Gasteiger partial charge in [0.25, 0.3) is 0 Å². The minimum atomic E-state index is 0.197. The predicted octanol–water partition coefficient (Wildman–Crippen LogP) is 2.31. The van der Waals surface area contributed by atoms with E-state index in [4.69, 9.17) is 10.5 Å². The summed E-state index contributed by atoms with van der Waals surface area (Å²) in [6.07, 6.45) is 11.4. The molecule has 3 aliphatic rings. The molecule has 1 amide bonds. The molecule has 0 aromatic rings. The van der Waals surface area contributed by atoms with Gasteiger partial charge < -0.3 is 15.4 Å². The van der Waals surface area contributed by atoms with Crippen molar-refractivity contribution in [2.24, 2.45) is 17.6 Å². The fraction of sp³-hybridized carbons (Fsp3) is 0.941. The number of nitrogens with zero attached hydrogens (tertiary/aromatic N) is 1. The largest absolute Gasteiger partial charge is 0.375 e. The Balaban J connectivity index is 1.45. The topological polar surface area (TPSA) is 55.6 Å². The molecule has 1 heterocycles. The molecule has 4 nitrogen and oxygen atoms in total. The Hall–Kier alpha value is -0.610. The first-order valence-corrected chi connectivity index (χ1v) is 8.92. The maximum Gasteiger partial charge on any atom is 0.226 e. The summed E-state index contributed by atoms with van der Waals surface area (Å²) >= 11 is 0. The fourth-order valence-corrected chi connectivity index (χ4v) is 4.39. The summed E-state index contributed by atoms with van der Waals surface area (Å²) in [7, 11) is 0. The van der Waals surface area contributed by atoms with Gasteiger partial charge in [0.15, 0.2) is 0 Å². The van der Waals surface area contributed by atoms with Crippen LogP contribution >= 0.6 is 0 Å². The average Bonchev–Trinajstić information content (AvgIpc) is 3.18. The predicted molar refractivity (Wildman–Crippen MR) is 82.8 cm³/mol. The van der Waals surface area contributed by atoms with Crippen LogP contribution in [0.15, 0.2) is 0 Å². The second-order valence-electron chi connectivity index (χ2n) is 7.10. The van der Waals surface area contributed by atoms with Gasteiger partial charge in [-0.15, -0.1) is 0 Å². The first-order valence-electron chi connectivity index (χ1n) is 8.92. The normalized spacial score (nSPS) is 32.0. The van der Waals surface area contributed by atoms with Crippen molar-refractivity contribution < 1.29 is 9.53 Å². The van der Waals surface area contributed by atoms with Crippen molar-refractivity contribution >= 4 is 5.91 Å².